The van der Waals surface area contributed by atoms with E-state index >= 15 is 0 Å². The molecule has 0 aliphatic carbocycles. The Morgan fingerprint density at radius 3 is 2.70 bits per heavy atom. The second kappa shape index (κ2) is 6.98. The fourth-order valence-corrected chi connectivity index (χ4v) is 3.40. The Bertz CT molecular complexity index is 531. The number of nitriles is 1. The van der Waals surface area contributed by atoms with Crippen LogP contribution in [0, 0.1) is 11.3 Å². The van der Waals surface area contributed by atoms with Crippen LogP contribution in [0.4, 0.5) is 0 Å². The highest BCUT2D eigenvalue weighted by Gasteiger charge is 2.22. The lowest BCUT2D eigenvalue weighted by Gasteiger charge is -2.32. The fourth-order valence-electron chi connectivity index (χ4n) is 2.90. The second-order valence-electron chi connectivity index (χ2n) is 5.15. The summed E-state index contributed by atoms with van der Waals surface area (Å²) in [5, 5.41) is 9.38. The number of hydrogen-bond donors (Lipinski definition) is 0. The largest absolute Gasteiger partial charge is 0.772 e. The molecule has 0 radical (unpaired) electrons. The molecular weight excluding hydrogens is 272 g/mol. The Morgan fingerprint density at radius 2 is 2.15 bits per heavy atom. The van der Waals surface area contributed by atoms with Gasteiger partial charge in [-0.05, 0) is 49.5 Å². The predicted molar refractivity (Wildman–Crippen MR) is 77.9 cm³/mol. The van der Waals surface area contributed by atoms with E-state index in [2.05, 4.69) is 17.9 Å². The molecule has 1 atom stereocenters. The number of piperidine rings is 1. The van der Waals surface area contributed by atoms with Crippen molar-refractivity contribution in [3.63, 3.8) is 0 Å². The van der Waals surface area contributed by atoms with E-state index in [1.165, 1.54) is 0 Å². The van der Waals surface area contributed by atoms with Crippen molar-refractivity contribution >= 4 is 11.1 Å². The summed E-state index contributed by atoms with van der Waals surface area (Å²) in [6.45, 7) is 5.31. The number of likely N-dealkylation sites (tertiary alicyclic amines) is 1. The Hall–Kier alpha value is -1.22. The van der Waals surface area contributed by atoms with Crippen molar-refractivity contribution < 1.29 is 8.76 Å². The first kappa shape index (κ1) is 15.2. The van der Waals surface area contributed by atoms with Gasteiger partial charge in [0.15, 0.2) is 0 Å². The van der Waals surface area contributed by atoms with E-state index < -0.39 is 11.1 Å². The van der Waals surface area contributed by atoms with Crippen LogP contribution < -0.4 is 0 Å². The summed E-state index contributed by atoms with van der Waals surface area (Å²) in [5.74, 6) is 0.289. The molecule has 1 fully saturated rings. The Kier molecular flexibility index (Phi) is 5.30. The van der Waals surface area contributed by atoms with Gasteiger partial charge in [-0.1, -0.05) is 36.2 Å². The number of nitrogens with zero attached hydrogens (tertiary/aromatic N) is 2. The molecule has 4 nitrogen and oxygen atoms in total. The van der Waals surface area contributed by atoms with Gasteiger partial charge < -0.3 is 9.45 Å². The van der Waals surface area contributed by atoms with Gasteiger partial charge in [0, 0.05) is 5.75 Å². The molecule has 1 unspecified atom stereocenters. The lowest BCUT2D eigenvalue weighted by Crippen LogP contribution is -2.32. The van der Waals surface area contributed by atoms with Crippen molar-refractivity contribution in [3.8, 4) is 6.07 Å². The van der Waals surface area contributed by atoms with Crippen molar-refractivity contribution in [2.45, 2.75) is 31.4 Å². The van der Waals surface area contributed by atoms with Gasteiger partial charge in [0.2, 0.25) is 0 Å². The molecule has 0 bridgehead atoms. The maximum atomic E-state index is 10.9. The van der Waals surface area contributed by atoms with E-state index in [1.54, 1.807) is 6.07 Å². The Balaban J connectivity index is 2.24. The van der Waals surface area contributed by atoms with E-state index in [0.717, 1.165) is 38.0 Å². The molecule has 1 saturated heterocycles. The Labute approximate surface area is 122 Å². The quantitative estimate of drug-likeness (QED) is 0.797. The maximum absolute atomic E-state index is 10.9. The molecule has 20 heavy (non-hydrogen) atoms. The first-order valence-electron chi connectivity index (χ1n) is 6.95. The van der Waals surface area contributed by atoms with E-state index in [1.807, 2.05) is 12.1 Å². The zero-order chi connectivity index (χ0) is 14.5. The summed E-state index contributed by atoms with van der Waals surface area (Å²) in [4.78, 5) is 2.40. The summed E-state index contributed by atoms with van der Waals surface area (Å²) >= 11 is -2.16. The summed E-state index contributed by atoms with van der Waals surface area (Å²) in [6, 6.07) is 7.78. The predicted octanol–water partition coefficient (Wildman–Crippen LogP) is 2.14. The molecule has 0 saturated carbocycles. The molecule has 1 heterocycles. The maximum Gasteiger partial charge on any atom is 0.0997 e. The summed E-state index contributed by atoms with van der Waals surface area (Å²) in [6.07, 6.45) is 2.07. The average molecular weight is 291 g/mol. The normalized spacial score (nSPS) is 18.6. The van der Waals surface area contributed by atoms with Gasteiger partial charge in [-0.25, -0.2) is 0 Å². The summed E-state index contributed by atoms with van der Waals surface area (Å²) in [7, 11) is 0. The van der Waals surface area contributed by atoms with Gasteiger partial charge in [-0.2, -0.15) is 5.26 Å². The standard InChI is InChI=1S/C15H20N2O2S/c1-2-17-8-6-12(7-9-17)14-5-3-4-13(11-20(18)19)15(14)10-16/h3-5,12H,2,6-9,11H2,1H3,(H,18,19)/p-1. The van der Waals surface area contributed by atoms with Crippen molar-refractivity contribution in [3.05, 3.63) is 34.9 Å². The van der Waals surface area contributed by atoms with Crippen LogP contribution in [0.1, 0.15) is 42.4 Å². The highest BCUT2D eigenvalue weighted by molar-refractivity contribution is 7.78. The monoisotopic (exact) mass is 291 g/mol. The van der Waals surface area contributed by atoms with Gasteiger partial charge in [0.05, 0.1) is 11.6 Å². The van der Waals surface area contributed by atoms with Crippen molar-refractivity contribution in [1.82, 2.24) is 4.90 Å². The van der Waals surface area contributed by atoms with Crippen molar-refractivity contribution in [2.24, 2.45) is 0 Å². The second-order valence-corrected chi connectivity index (χ2v) is 6.05. The van der Waals surface area contributed by atoms with E-state index in [0.29, 0.717) is 17.0 Å². The molecule has 2 rings (SSSR count). The van der Waals surface area contributed by atoms with Crippen LogP contribution in [0.15, 0.2) is 18.2 Å². The minimum Gasteiger partial charge on any atom is -0.772 e. The smallest absolute Gasteiger partial charge is 0.0997 e. The molecule has 1 aromatic rings. The van der Waals surface area contributed by atoms with Crippen molar-refractivity contribution in [2.75, 3.05) is 19.6 Å². The number of rotatable bonds is 4. The van der Waals surface area contributed by atoms with Crippen LogP contribution in [0.2, 0.25) is 0 Å². The third-order valence-electron chi connectivity index (χ3n) is 4.04. The number of benzene rings is 1. The molecule has 1 aliphatic heterocycles. The van der Waals surface area contributed by atoms with E-state index in [4.69, 9.17) is 0 Å². The lowest BCUT2D eigenvalue weighted by molar-refractivity contribution is 0.222. The lowest BCUT2D eigenvalue weighted by atomic mass is 9.85. The average Bonchev–Trinajstić information content (AvgIpc) is 2.46. The summed E-state index contributed by atoms with van der Waals surface area (Å²) in [5.41, 5.74) is 2.20. The van der Waals surface area contributed by atoms with Crippen LogP contribution >= 0.6 is 0 Å². The van der Waals surface area contributed by atoms with Gasteiger partial charge in [-0.15, -0.1) is 0 Å². The topological polar surface area (TPSA) is 67.2 Å². The molecule has 5 heteroatoms. The van der Waals surface area contributed by atoms with Gasteiger partial charge in [0.1, 0.15) is 0 Å². The van der Waals surface area contributed by atoms with Gasteiger partial charge in [-0.3, -0.25) is 4.21 Å². The van der Waals surface area contributed by atoms with Gasteiger partial charge in [0.25, 0.3) is 0 Å². The Morgan fingerprint density at radius 1 is 1.45 bits per heavy atom. The minimum absolute atomic E-state index is 0.0788. The molecule has 1 aliphatic rings. The summed E-state index contributed by atoms with van der Waals surface area (Å²) < 4.78 is 21.8. The minimum atomic E-state index is -2.16. The third kappa shape index (κ3) is 3.45. The SMILES string of the molecule is CCN1CCC(c2cccc(CS(=O)[O-])c2C#N)CC1. The molecule has 0 N–H and O–H groups in total. The van der Waals surface area contributed by atoms with Crippen LogP contribution in [-0.2, 0) is 16.8 Å². The van der Waals surface area contributed by atoms with Crippen LogP contribution in [0.3, 0.4) is 0 Å². The first-order valence-corrected chi connectivity index (χ1v) is 8.20. The highest BCUT2D eigenvalue weighted by Crippen LogP contribution is 2.31. The number of hydrogen-bond acceptors (Lipinski definition) is 4. The first-order chi connectivity index (χ1) is 9.65. The van der Waals surface area contributed by atoms with E-state index in [-0.39, 0.29) is 5.75 Å². The zero-order valence-electron chi connectivity index (χ0n) is 11.7. The molecule has 0 aromatic heterocycles. The third-order valence-corrected chi connectivity index (χ3v) is 4.59. The molecule has 108 valence electrons. The van der Waals surface area contributed by atoms with Crippen molar-refractivity contribution in [1.29, 1.82) is 5.26 Å². The molecular formula is C15H19N2O2S-. The van der Waals surface area contributed by atoms with E-state index in [9.17, 15) is 14.0 Å². The van der Waals surface area contributed by atoms with Crippen LogP contribution in [0.5, 0.6) is 0 Å². The molecule has 0 spiro atoms. The molecule has 1 aromatic carbocycles. The fraction of sp³-hybridized carbons (Fsp3) is 0.533. The van der Waals surface area contributed by atoms with Gasteiger partial charge >= 0.3 is 0 Å². The van der Waals surface area contributed by atoms with Crippen LogP contribution in [0.25, 0.3) is 0 Å². The molecule has 0 amide bonds. The van der Waals surface area contributed by atoms with Crippen LogP contribution in [-0.4, -0.2) is 33.3 Å². The highest BCUT2D eigenvalue weighted by atomic mass is 32.2. The zero-order valence-corrected chi connectivity index (χ0v) is 12.5.